The van der Waals surface area contributed by atoms with Gasteiger partial charge < -0.3 is 19.7 Å². The maximum atomic E-state index is 12.8. The van der Waals surface area contributed by atoms with E-state index in [1.165, 1.54) is 19.1 Å². The summed E-state index contributed by atoms with van der Waals surface area (Å²) < 4.78 is 5.12. The number of hydrogen-bond donors (Lipinski definition) is 2. The Kier molecular flexibility index (Phi) is 6.20. The average Bonchev–Trinajstić information content (AvgIpc) is 3.30. The van der Waals surface area contributed by atoms with Crippen LogP contribution in [0.4, 0.5) is 0 Å². The molecule has 2 atom stereocenters. The number of piperidine rings is 1. The van der Waals surface area contributed by atoms with Gasteiger partial charge >= 0.3 is 0 Å². The van der Waals surface area contributed by atoms with Crippen molar-refractivity contribution in [3.05, 3.63) is 17.8 Å². The van der Waals surface area contributed by atoms with Crippen molar-refractivity contribution in [2.24, 2.45) is 5.92 Å². The number of hydrogen-bond acceptors (Lipinski definition) is 6. The molecule has 2 amide bonds. The highest BCUT2D eigenvalue weighted by Crippen LogP contribution is 2.35. The Morgan fingerprint density at radius 3 is 2.55 bits per heavy atom. The number of aromatic nitrogens is 1. The van der Waals surface area contributed by atoms with Crippen LogP contribution in [0.15, 0.2) is 10.7 Å². The standard InChI is InChI=1S/C21H32N4O4/c1-14-23-19(13-29-14)21(28)22-11-17-5-4-16(25(17)12-15-2-3-15)10-20(27)24-8-6-18(26)7-9-24/h13,15-18,26H,2-12H2,1H3,(H,22,28)/t16-,17+/m1/s1. The second-order valence-corrected chi connectivity index (χ2v) is 8.80. The molecule has 2 N–H and O–H groups in total. The third-order valence-electron chi connectivity index (χ3n) is 6.51. The van der Waals surface area contributed by atoms with Gasteiger partial charge in [-0.2, -0.15) is 0 Å². The van der Waals surface area contributed by atoms with Crippen LogP contribution in [0.2, 0.25) is 0 Å². The molecular weight excluding hydrogens is 372 g/mol. The van der Waals surface area contributed by atoms with Crippen molar-refractivity contribution in [1.82, 2.24) is 20.1 Å². The van der Waals surface area contributed by atoms with Crippen molar-refractivity contribution in [1.29, 1.82) is 0 Å². The zero-order valence-electron chi connectivity index (χ0n) is 17.2. The minimum Gasteiger partial charge on any atom is -0.448 e. The molecule has 1 saturated carbocycles. The summed E-state index contributed by atoms with van der Waals surface area (Å²) >= 11 is 0. The number of aliphatic hydroxyl groups excluding tert-OH is 1. The monoisotopic (exact) mass is 404 g/mol. The lowest BCUT2D eigenvalue weighted by Crippen LogP contribution is -2.47. The number of nitrogens with one attached hydrogen (secondary N) is 1. The molecule has 0 aromatic carbocycles. The second-order valence-electron chi connectivity index (χ2n) is 8.80. The van der Waals surface area contributed by atoms with Crippen molar-refractivity contribution >= 4 is 11.8 Å². The number of aliphatic hydroxyl groups is 1. The maximum Gasteiger partial charge on any atom is 0.273 e. The normalized spacial score (nSPS) is 26.1. The zero-order chi connectivity index (χ0) is 20.4. The number of aryl methyl sites for hydroxylation is 1. The molecular formula is C21H32N4O4. The van der Waals surface area contributed by atoms with Gasteiger partial charge in [-0.3, -0.25) is 14.5 Å². The molecule has 4 rings (SSSR count). The van der Waals surface area contributed by atoms with Crippen molar-refractivity contribution in [3.63, 3.8) is 0 Å². The van der Waals surface area contributed by atoms with E-state index >= 15 is 0 Å². The minimum atomic E-state index is -0.265. The van der Waals surface area contributed by atoms with Gasteiger partial charge in [0.25, 0.3) is 5.91 Å². The van der Waals surface area contributed by atoms with Crippen molar-refractivity contribution in [3.8, 4) is 0 Å². The molecule has 29 heavy (non-hydrogen) atoms. The number of carbonyl (C=O) groups excluding carboxylic acids is 2. The Labute approximate surface area is 171 Å². The quantitative estimate of drug-likeness (QED) is 0.711. The molecule has 0 spiro atoms. The Bertz CT molecular complexity index is 724. The van der Waals surface area contributed by atoms with Gasteiger partial charge in [0.2, 0.25) is 5.91 Å². The van der Waals surface area contributed by atoms with Gasteiger partial charge in [-0.05, 0) is 44.4 Å². The van der Waals surface area contributed by atoms with E-state index in [0.29, 0.717) is 50.5 Å². The number of nitrogens with zero attached hydrogens (tertiary/aromatic N) is 3. The molecule has 0 bridgehead atoms. The van der Waals surface area contributed by atoms with Crippen LogP contribution in [0.5, 0.6) is 0 Å². The van der Waals surface area contributed by atoms with Crippen LogP contribution >= 0.6 is 0 Å². The molecule has 3 heterocycles. The fraction of sp³-hybridized carbons (Fsp3) is 0.762. The fourth-order valence-electron chi connectivity index (χ4n) is 4.56. The molecule has 2 aliphatic heterocycles. The topological polar surface area (TPSA) is 98.9 Å². The van der Waals surface area contributed by atoms with Gasteiger partial charge in [-0.15, -0.1) is 0 Å². The Morgan fingerprint density at radius 1 is 1.17 bits per heavy atom. The van der Waals surface area contributed by atoms with Crippen molar-refractivity contribution in [2.75, 3.05) is 26.2 Å². The van der Waals surface area contributed by atoms with E-state index in [1.807, 2.05) is 4.90 Å². The van der Waals surface area contributed by atoms with Gasteiger partial charge in [0.05, 0.1) is 6.10 Å². The highest BCUT2D eigenvalue weighted by molar-refractivity contribution is 5.91. The summed E-state index contributed by atoms with van der Waals surface area (Å²) in [5, 5.41) is 12.7. The van der Waals surface area contributed by atoms with Gasteiger partial charge in [-0.1, -0.05) is 0 Å². The van der Waals surface area contributed by atoms with Gasteiger partial charge in [0, 0.05) is 51.6 Å². The number of amides is 2. The average molecular weight is 405 g/mol. The molecule has 8 heteroatoms. The van der Waals surface area contributed by atoms with E-state index < -0.39 is 0 Å². The molecule has 2 saturated heterocycles. The molecule has 8 nitrogen and oxygen atoms in total. The number of rotatable bonds is 7. The van der Waals surface area contributed by atoms with E-state index in [2.05, 4.69) is 15.2 Å². The van der Waals surface area contributed by atoms with E-state index in [0.717, 1.165) is 25.3 Å². The summed E-state index contributed by atoms with van der Waals surface area (Å²) in [6.07, 6.45) is 7.51. The van der Waals surface area contributed by atoms with E-state index in [4.69, 9.17) is 4.42 Å². The molecule has 0 radical (unpaired) electrons. The first-order valence-corrected chi connectivity index (χ1v) is 10.9. The molecule has 3 fully saturated rings. The van der Waals surface area contributed by atoms with Crippen LogP contribution in [0.1, 0.15) is 61.3 Å². The second kappa shape index (κ2) is 8.83. The maximum absolute atomic E-state index is 12.8. The largest absolute Gasteiger partial charge is 0.448 e. The highest BCUT2D eigenvalue weighted by Gasteiger charge is 2.38. The van der Waals surface area contributed by atoms with Crippen molar-refractivity contribution < 1.29 is 19.1 Å². The molecule has 160 valence electrons. The number of oxazole rings is 1. The van der Waals surface area contributed by atoms with Gasteiger partial charge in [0.1, 0.15) is 6.26 Å². The molecule has 1 aliphatic carbocycles. The third kappa shape index (κ3) is 5.17. The van der Waals surface area contributed by atoms with Crippen LogP contribution < -0.4 is 5.32 Å². The van der Waals surface area contributed by atoms with E-state index in [-0.39, 0.29) is 30.0 Å². The van der Waals surface area contributed by atoms with E-state index in [9.17, 15) is 14.7 Å². The summed E-state index contributed by atoms with van der Waals surface area (Å²) in [7, 11) is 0. The molecule has 0 unspecified atom stereocenters. The summed E-state index contributed by atoms with van der Waals surface area (Å²) in [5.41, 5.74) is 0.313. The SMILES string of the molecule is Cc1nc(C(=O)NC[C@@H]2CC[C@H](CC(=O)N3CCC(O)CC3)N2CC2CC2)co1. The smallest absolute Gasteiger partial charge is 0.273 e. The summed E-state index contributed by atoms with van der Waals surface area (Å²) in [4.78, 5) is 33.6. The lowest BCUT2D eigenvalue weighted by molar-refractivity contribution is -0.134. The highest BCUT2D eigenvalue weighted by atomic mass is 16.3. The summed E-state index contributed by atoms with van der Waals surface area (Å²) in [5.74, 6) is 1.20. The lowest BCUT2D eigenvalue weighted by Gasteiger charge is -2.33. The zero-order valence-corrected chi connectivity index (χ0v) is 17.2. The van der Waals surface area contributed by atoms with Gasteiger partial charge in [0.15, 0.2) is 11.6 Å². The number of likely N-dealkylation sites (tertiary alicyclic amines) is 2. The summed E-state index contributed by atoms with van der Waals surface area (Å²) in [6.45, 7) is 4.62. The molecule has 3 aliphatic rings. The molecule has 1 aromatic rings. The Morgan fingerprint density at radius 2 is 1.90 bits per heavy atom. The first-order chi connectivity index (χ1) is 14.0. The summed E-state index contributed by atoms with van der Waals surface area (Å²) in [6, 6.07) is 0.500. The van der Waals surface area contributed by atoms with Crippen LogP contribution in [0.3, 0.4) is 0 Å². The first kappa shape index (κ1) is 20.3. The van der Waals surface area contributed by atoms with Gasteiger partial charge in [-0.25, -0.2) is 4.98 Å². The third-order valence-corrected chi connectivity index (χ3v) is 6.51. The number of carbonyl (C=O) groups is 2. The minimum absolute atomic E-state index is 0.199. The first-order valence-electron chi connectivity index (χ1n) is 10.9. The fourth-order valence-corrected chi connectivity index (χ4v) is 4.56. The van der Waals surface area contributed by atoms with Crippen molar-refractivity contribution in [2.45, 2.75) is 70.1 Å². The van der Waals surface area contributed by atoms with E-state index in [1.54, 1.807) is 6.92 Å². The predicted octanol–water partition coefficient (Wildman–Crippen LogP) is 1.33. The predicted molar refractivity (Wildman–Crippen MR) is 106 cm³/mol. The van der Waals surface area contributed by atoms with Crippen LogP contribution in [0.25, 0.3) is 0 Å². The van der Waals surface area contributed by atoms with Crippen LogP contribution in [-0.2, 0) is 4.79 Å². The van der Waals surface area contributed by atoms with Crippen LogP contribution in [-0.4, -0.2) is 76.1 Å². The lowest BCUT2D eigenvalue weighted by atomic mass is 10.1. The Hall–Kier alpha value is -1.93. The van der Waals surface area contributed by atoms with Crippen LogP contribution in [0, 0.1) is 12.8 Å². The molecule has 1 aromatic heterocycles. The Balaban J connectivity index is 1.32.